The maximum atomic E-state index is 13.8. The van der Waals surface area contributed by atoms with E-state index >= 15 is 0 Å². The van der Waals surface area contributed by atoms with Crippen LogP contribution in [-0.2, 0) is 6.54 Å². The van der Waals surface area contributed by atoms with Crippen LogP contribution in [0.15, 0.2) is 36.4 Å². The Bertz CT molecular complexity index is 579. The van der Waals surface area contributed by atoms with Gasteiger partial charge in [0.25, 0.3) is 0 Å². The van der Waals surface area contributed by atoms with Crippen LogP contribution >= 0.6 is 0 Å². The van der Waals surface area contributed by atoms with Crippen molar-refractivity contribution in [3.8, 4) is 11.1 Å². The van der Waals surface area contributed by atoms with Gasteiger partial charge in [0.05, 0.1) is 0 Å². The molecule has 0 aliphatic carbocycles. The summed E-state index contributed by atoms with van der Waals surface area (Å²) in [5.74, 6) is -1.60. The largest absolute Gasteiger partial charge is 0.313 e. The van der Waals surface area contributed by atoms with Gasteiger partial charge in [-0.05, 0) is 36.2 Å². The van der Waals surface area contributed by atoms with Gasteiger partial charge in [-0.1, -0.05) is 37.3 Å². The number of halogens is 2. The Morgan fingerprint density at radius 2 is 1.84 bits per heavy atom. The molecule has 0 saturated heterocycles. The maximum Gasteiger partial charge on any atom is 0.166 e. The SMILES string of the molecule is CCNCc1ccc(-c2cccc(F)c2F)c(C)c1. The Morgan fingerprint density at radius 1 is 1.05 bits per heavy atom. The summed E-state index contributed by atoms with van der Waals surface area (Å²) in [4.78, 5) is 0. The number of benzene rings is 2. The first-order valence-electron chi connectivity index (χ1n) is 6.38. The molecule has 0 spiro atoms. The summed E-state index contributed by atoms with van der Waals surface area (Å²) in [6, 6.07) is 10.1. The lowest BCUT2D eigenvalue weighted by Gasteiger charge is -2.10. The van der Waals surface area contributed by atoms with Crippen LogP contribution in [-0.4, -0.2) is 6.54 Å². The number of hydrogen-bond donors (Lipinski definition) is 1. The summed E-state index contributed by atoms with van der Waals surface area (Å²) in [5.41, 5.74) is 3.13. The van der Waals surface area contributed by atoms with Gasteiger partial charge in [0.1, 0.15) is 0 Å². The van der Waals surface area contributed by atoms with Gasteiger partial charge in [0, 0.05) is 12.1 Å². The Balaban J connectivity index is 2.38. The normalized spacial score (nSPS) is 10.7. The van der Waals surface area contributed by atoms with Crippen molar-refractivity contribution in [1.82, 2.24) is 5.32 Å². The Morgan fingerprint density at radius 3 is 2.53 bits per heavy atom. The third-order valence-electron chi connectivity index (χ3n) is 3.11. The van der Waals surface area contributed by atoms with Gasteiger partial charge in [-0.3, -0.25) is 0 Å². The van der Waals surface area contributed by atoms with Crippen LogP contribution in [0.5, 0.6) is 0 Å². The molecule has 2 aromatic rings. The molecule has 1 nitrogen and oxygen atoms in total. The zero-order valence-electron chi connectivity index (χ0n) is 11.1. The molecule has 0 aliphatic rings. The molecule has 0 bridgehead atoms. The van der Waals surface area contributed by atoms with Crippen molar-refractivity contribution < 1.29 is 8.78 Å². The Kier molecular flexibility index (Phi) is 4.27. The quantitative estimate of drug-likeness (QED) is 0.875. The minimum absolute atomic E-state index is 0.313. The van der Waals surface area contributed by atoms with Crippen molar-refractivity contribution in [3.05, 3.63) is 59.2 Å². The maximum absolute atomic E-state index is 13.8. The van der Waals surface area contributed by atoms with Gasteiger partial charge >= 0.3 is 0 Å². The Hall–Kier alpha value is -1.74. The van der Waals surface area contributed by atoms with Gasteiger partial charge in [-0.2, -0.15) is 0 Å². The summed E-state index contributed by atoms with van der Waals surface area (Å²) in [5, 5.41) is 3.24. The fraction of sp³-hybridized carbons (Fsp3) is 0.250. The minimum Gasteiger partial charge on any atom is -0.313 e. The van der Waals surface area contributed by atoms with Gasteiger partial charge in [-0.15, -0.1) is 0 Å². The molecule has 0 fully saturated rings. The lowest BCUT2D eigenvalue weighted by Crippen LogP contribution is -2.11. The van der Waals surface area contributed by atoms with Gasteiger partial charge in [0.2, 0.25) is 0 Å². The standard InChI is InChI=1S/C16H17F2N/c1-3-19-10-12-7-8-13(11(2)9-12)14-5-4-6-15(17)16(14)18/h4-9,19H,3,10H2,1-2H3. The molecule has 0 aliphatic heterocycles. The molecule has 3 heteroatoms. The number of nitrogens with one attached hydrogen (secondary N) is 1. The zero-order chi connectivity index (χ0) is 13.8. The van der Waals surface area contributed by atoms with Crippen molar-refractivity contribution in [1.29, 1.82) is 0 Å². The second kappa shape index (κ2) is 5.93. The van der Waals surface area contributed by atoms with Gasteiger partial charge in [-0.25, -0.2) is 8.78 Å². The van der Waals surface area contributed by atoms with Gasteiger partial charge < -0.3 is 5.32 Å². The first-order chi connectivity index (χ1) is 9.13. The predicted molar refractivity (Wildman–Crippen MR) is 73.9 cm³/mol. The lowest BCUT2D eigenvalue weighted by molar-refractivity contribution is 0.511. The van der Waals surface area contributed by atoms with Crippen molar-refractivity contribution in [2.75, 3.05) is 6.54 Å². The highest BCUT2D eigenvalue weighted by Gasteiger charge is 2.11. The highest BCUT2D eigenvalue weighted by atomic mass is 19.2. The topological polar surface area (TPSA) is 12.0 Å². The molecule has 0 radical (unpaired) electrons. The molecule has 100 valence electrons. The summed E-state index contributed by atoms with van der Waals surface area (Å²) >= 11 is 0. The average molecular weight is 261 g/mol. The lowest BCUT2D eigenvalue weighted by atomic mass is 9.98. The fourth-order valence-electron chi connectivity index (χ4n) is 2.12. The smallest absolute Gasteiger partial charge is 0.166 e. The molecule has 0 heterocycles. The molecule has 0 atom stereocenters. The molecule has 0 aromatic heterocycles. The average Bonchev–Trinajstić information content (AvgIpc) is 2.40. The van der Waals surface area contributed by atoms with Crippen LogP contribution in [0.4, 0.5) is 8.78 Å². The van der Waals surface area contributed by atoms with E-state index in [-0.39, 0.29) is 0 Å². The third kappa shape index (κ3) is 2.99. The van der Waals surface area contributed by atoms with E-state index < -0.39 is 11.6 Å². The second-order valence-corrected chi connectivity index (χ2v) is 4.53. The molecule has 0 saturated carbocycles. The highest BCUT2D eigenvalue weighted by Crippen LogP contribution is 2.28. The number of hydrogen-bond acceptors (Lipinski definition) is 1. The molecular formula is C16H17F2N. The van der Waals surface area contributed by atoms with Crippen molar-refractivity contribution >= 4 is 0 Å². The molecule has 2 rings (SSSR count). The van der Waals surface area contributed by atoms with Gasteiger partial charge in [0.15, 0.2) is 11.6 Å². The monoisotopic (exact) mass is 261 g/mol. The van der Waals surface area contributed by atoms with E-state index in [0.717, 1.165) is 35.8 Å². The van der Waals surface area contributed by atoms with E-state index in [2.05, 4.69) is 5.32 Å². The third-order valence-corrected chi connectivity index (χ3v) is 3.11. The van der Waals surface area contributed by atoms with Crippen LogP contribution in [0.2, 0.25) is 0 Å². The molecule has 19 heavy (non-hydrogen) atoms. The van der Waals surface area contributed by atoms with E-state index in [9.17, 15) is 8.78 Å². The second-order valence-electron chi connectivity index (χ2n) is 4.53. The molecule has 2 aromatic carbocycles. The first kappa shape index (κ1) is 13.7. The number of aryl methyl sites for hydroxylation is 1. The van der Waals surface area contributed by atoms with Crippen LogP contribution < -0.4 is 5.32 Å². The molecular weight excluding hydrogens is 244 g/mol. The predicted octanol–water partition coefficient (Wildman–Crippen LogP) is 4.05. The van der Waals surface area contributed by atoms with Crippen molar-refractivity contribution in [3.63, 3.8) is 0 Å². The van der Waals surface area contributed by atoms with E-state index in [4.69, 9.17) is 0 Å². The molecule has 0 amide bonds. The number of rotatable bonds is 4. The van der Waals surface area contributed by atoms with E-state index in [1.165, 1.54) is 6.07 Å². The summed E-state index contributed by atoms with van der Waals surface area (Å²) in [6.07, 6.45) is 0. The van der Waals surface area contributed by atoms with E-state index in [1.807, 2.05) is 32.0 Å². The minimum atomic E-state index is -0.811. The van der Waals surface area contributed by atoms with Crippen LogP contribution in [0.3, 0.4) is 0 Å². The Labute approximate surface area is 112 Å². The zero-order valence-corrected chi connectivity index (χ0v) is 11.1. The highest BCUT2D eigenvalue weighted by molar-refractivity contribution is 5.68. The summed E-state index contributed by atoms with van der Waals surface area (Å²) in [7, 11) is 0. The van der Waals surface area contributed by atoms with Crippen LogP contribution in [0.25, 0.3) is 11.1 Å². The van der Waals surface area contributed by atoms with Crippen molar-refractivity contribution in [2.24, 2.45) is 0 Å². The van der Waals surface area contributed by atoms with Crippen LogP contribution in [0.1, 0.15) is 18.1 Å². The van der Waals surface area contributed by atoms with Crippen LogP contribution in [0, 0.1) is 18.6 Å². The fourth-order valence-corrected chi connectivity index (χ4v) is 2.12. The molecule has 0 unspecified atom stereocenters. The van der Waals surface area contributed by atoms with E-state index in [0.29, 0.717) is 5.56 Å². The molecule has 1 N–H and O–H groups in total. The van der Waals surface area contributed by atoms with Crippen molar-refractivity contribution in [2.45, 2.75) is 20.4 Å². The first-order valence-corrected chi connectivity index (χ1v) is 6.38. The van der Waals surface area contributed by atoms with E-state index in [1.54, 1.807) is 6.07 Å². The summed E-state index contributed by atoms with van der Waals surface area (Å²) in [6.45, 7) is 5.64. The summed E-state index contributed by atoms with van der Waals surface area (Å²) < 4.78 is 27.0.